The van der Waals surface area contributed by atoms with Gasteiger partial charge in [0.05, 0.1) is 19.4 Å². The molecule has 1 heterocycles. The minimum atomic E-state index is -3.03. The van der Waals surface area contributed by atoms with Gasteiger partial charge in [-0.15, -0.1) is 0 Å². The molecular weight excluding hydrogens is 293 g/mol. The molecule has 0 N–H and O–H groups in total. The van der Waals surface area contributed by atoms with E-state index in [-0.39, 0.29) is 6.16 Å². The summed E-state index contributed by atoms with van der Waals surface area (Å²) in [7, 11) is -3.03. The van der Waals surface area contributed by atoms with Gasteiger partial charge in [0.1, 0.15) is 0 Å². The van der Waals surface area contributed by atoms with E-state index in [1.807, 2.05) is 0 Å². The Balaban J connectivity index is 2.83. The first kappa shape index (κ1) is 13.8. The van der Waals surface area contributed by atoms with Gasteiger partial charge in [-0.1, -0.05) is 0 Å². The zero-order chi connectivity index (χ0) is 12.0. The molecule has 0 aliphatic heterocycles. The van der Waals surface area contributed by atoms with Gasteiger partial charge in [-0.25, -0.2) is 0 Å². The Morgan fingerprint density at radius 2 is 2.00 bits per heavy atom. The monoisotopic (exact) mass is 307 g/mol. The van der Waals surface area contributed by atoms with Crippen molar-refractivity contribution in [2.24, 2.45) is 0 Å². The fourth-order valence-corrected chi connectivity index (χ4v) is 3.61. The summed E-state index contributed by atoms with van der Waals surface area (Å²) in [4.78, 5) is 3.95. The fraction of sp³-hybridized carbons (Fsp3) is 0.500. The van der Waals surface area contributed by atoms with Gasteiger partial charge in [-0.05, 0) is 41.4 Å². The molecule has 0 fully saturated rings. The summed E-state index contributed by atoms with van der Waals surface area (Å²) >= 11 is 3.36. The van der Waals surface area contributed by atoms with Crippen LogP contribution in [0.1, 0.15) is 19.4 Å². The van der Waals surface area contributed by atoms with Crippen molar-refractivity contribution in [2.45, 2.75) is 20.0 Å². The molecule has 0 aliphatic carbocycles. The van der Waals surface area contributed by atoms with E-state index in [0.29, 0.717) is 13.2 Å². The van der Waals surface area contributed by atoms with E-state index in [9.17, 15) is 4.57 Å². The van der Waals surface area contributed by atoms with Crippen LogP contribution in [0.4, 0.5) is 0 Å². The third-order valence-corrected chi connectivity index (χ3v) is 4.62. The quantitative estimate of drug-likeness (QED) is 0.753. The van der Waals surface area contributed by atoms with E-state index in [4.69, 9.17) is 9.05 Å². The first-order chi connectivity index (χ1) is 7.61. The van der Waals surface area contributed by atoms with Crippen LogP contribution in [0.2, 0.25) is 0 Å². The number of halogens is 1. The van der Waals surface area contributed by atoms with Crippen LogP contribution in [0, 0.1) is 0 Å². The lowest BCUT2D eigenvalue weighted by molar-refractivity contribution is 0.219. The first-order valence-electron chi connectivity index (χ1n) is 5.08. The number of hydrogen-bond donors (Lipinski definition) is 0. The molecule has 0 radical (unpaired) electrons. The molecule has 0 aliphatic rings. The molecule has 6 heteroatoms. The molecule has 0 saturated heterocycles. The zero-order valence-corrected chi connectivity index (χ0v) is 11.8. The smallest absolute Gasteiger partial charge is 0.309 e. The van der Waals surface area contributed by atoms with E-state index in [1.54, 1.807) is 32.3 Å². The number of aromatic nitrogens is 1. The lowest BCUT2D eigenvalue weighted by atomic mass is 10.3. The predicted octanol–water partition coefficient (Wildman–Crippen LogP) is 3.61. The van der Waals surface area contributed by atoms with E-state index in [0.717, 1.165) is 10.0 Å². The van der Waals surface area contributed by atoms with Crippen LogP contribution in [0.25, 0.3) is 0 Å². The normalized spacial score (nSPS) is 11.7. The highest BCUT2D eigenvalue weighted by atomic mass is 79.9. The minimum absolute atomic E-state index is 0.262. The maximum atomic E-state index is 12.2. The molecular formula is C10H15BrNO3P. The number of rotatable bonds is 6. The van der Waals surface area contributed by atoms with Crippen molar-refractivity contribution in [1.82, 2.24) is 4.98 Å². The van der Waals surface area contributed by atoms with E-state index < -0.39 is 7.60 Å². The summed E-state index contributed by atoms with van der Waals surface area (Å²) in [6, 6.07) is 1.80. The Kier molecular flexibility index (Phi) is 5.62. The van der Waals surface area contributed by atoms with E-state index in [1.165, 1.54) is 0 Å². The molecule has 0 bridgehead atoms. The van der Waals surface area contributed by atoms with Crippen LogP contribution < -0.4 is 0 Å². The van der Waals surface area contributed by atoms with Gasteiger partial charge in [-0.2, -0.15) is 0 Å². The Morgan fingerprint density at radius 3 is 2.50 bits per heavy atom. The topological polar surface area (TPSA) is 48.4 Å². The van der Waals surface area contributed by atoms with Crippen LogP contribution in [0.3, 0.4) is 0 Å². The van der Waals surface area contributed by atoms with Crippen molar-refractivity contribution in [3.63, 3.8) is 0 Å². The predicted molar refractivity (Wildman–Crippen MR) is 66.5 cm³/mol. The average molecular weight is 308 g/mol. The van der Waals surface area contributed by atoms with Gasteiger partial charge in [0.25, 0.3) is 0 Å². The van der Waals surface area contributed by atoms with Crippen LogP contribution >= 0.6 is 23.5 Å². The number of pyridine rings is 1. The SMILES string of the molecule is CCOP(=O)(Cc1ccncc1Br)OCC. The Labute approximate surface area is 104 Å². The molecule has 1 aromatic rings. The number of nitrogens with zero attached hydrogens (tertiary/aromatic N) is 1. The molecule has 4 nitrogen and oxygen atoms in total. The third-order valence-electron chi connectivity index (χ3n) is 1.87. The lowest BCUT2D eigenvalue weighted by Crippen LogP contribution is -1.99. The number of hydrogen-bond acceptors (Lipinski definition) is 4. The molecule has 16 heavy (non-hydrogen) atoms. The van der Waals surface area contributed by atoms with Gasteiger partial charge in [-0.3, -0.25) is 9.55 Å². The highest BCUT2D eigenvalue weighted by Gasteiger charge is 2.24. The highest BCUT2D eigenvalue weighted by molar-refractivity contribution is 9.10. The summed E-state index contributed by atoms with van der Waals surface area (Å²) < 4.78 is 23.5. The summed E-state index contributed by atoms with van der Waals surface area (Å²) in [6.07, 6.45) is 3.58. The van der Waals surface area contributed by atoms with Crippen molar-refractivity contribution in [1.29, 1.82) is 0 Å². The second-order valence-corrected chi connectivity index (χ2v) is 5.98. The van der Waals surface area contributed by atoms with Crippen molar-refractivity contribution in [3.8, 4) is 0 Å². The third kappa shape index (κ3) is 3.98. The second-order valence-electron chi connectivity index (χ2n) is 3.07. The maximum absolute atomic E-state index is 12.2. The first-order valence-corrected chi connectivity index (χ1v) is 7.60. The molecule has 0 unspecified atom stereocenters. The van der Waals surface area contributed by atoms with Crippen molar-refractivity contribution < 1.29 is 13.6 Å². The van der Waals surface area contributed by atoms with Gasteiger partial charge in [0, 0.05) is 16.9 Å². The molecule has 1 rings (SSSR count). The molecule has 0 spiro atoms. The molecule has 90 valence electrons. The van der Waals surface area contributed by atoms with Gasteiger partial charge in [0.2, 0.25) is 0 Å². The van der Waals surface area contributed by atoms with Crippen LogP contribution in [0.15, 0.2) is 22.9 Å². The Hall–Kier alpha value is -0.220. The van der Waals surface area contributed by atoms with Crippen molar-refractivity contribution in [2.75, 3.05) is 13.2 Å². The molecule has 0 aromatic carbocycles. The summed E-state index contributed by atoms with van der Waals surface area (Å²) in [5.74, 6) is 0. The molecule has 1 aromatic heterocycles. The zero-order valence-electron chi connectivity index (χ0n) is 9.35. The maximum Gasteiger partial charge on any atom is 0.335 e. The standard InChI is InChI=1S/C10H15BrNO3P/c1-3-14-16(13,15-4-2)8-9-5-6-12-7-10(9)11/h5-7H,3-4,8H2,1-2H3. The fourth-order valence-electron chi connectivity index (χ4n) is 1.26. The van der Waals surface area contributed by atoms with Crippen LogP contribution in [-0.2, 0) is 19.8 Å². The largest absolute Gasteiger partial charge is 0.335 e. The highest BCUT2D eigenvalue weighted by Crippen LogP contribution is 2.51. The average Bonchev–Trinajstić information content (AvgIpc) is 2.22. The molecule has 0 amide bonds. The summed E-state index contributed by atoms with van der Waals surface area (Å²) in [5, 5.41) is 0. The Morgan fingerprint density at radius 1 is 1.38 bits per heavy atom. The second kappa shape index (κ2) is 6.50. The summed E-state index contributed by atoms with van der Waals surface area (Å²) in [6.45, 7) is 4.35. The van der Waals surface area contributed by atoms with Crippen molar-refractivity contribution >= 4 is 23.5 Å². The molecule has 0 saturated carbocycles. The Bertz CT molecular complexity index is 376. The van der Waals surface area contributed by atoms with Crippen molar-refractivity contribution in [3.05, 3.63) is 28.5 Å². The van der Waals surface area contributed by atoms with E-state index in [2.05, 4.69) is 20.9 Å². The van der Waals surface area contributed by atoms with Gasteiger partial charge >= 0.3 is 7.60 Å². The van der Waals surface area contributed by atoms with Gasteiger partial charge < -0.3 is 9.05 Å². The minimum Gasteiger partial charge on any atom is -0.309 e. The summed E-state index contributed by atoms with van der Waals surface area (Å²) in [5.41, 5.74) is 0.875. The van der Waals surface area contributed by atoms with Crippen LogP contribution in [0.5, 0.6) is 0 Å². The lowest BCUT2D eigenvalue weighted by Gasteiger charge is -2.17. The molecule has 0 atom stereocenters. The van der Waals surface area contributed by atoms with E-state index >= 15 is 0 Å². The van der Waals surface area contributed by atoms with Crippen LogP contribution in [-0.4, -0.2) is 18.2 Å². The van der Waals surface area contributed by atoms with Gasteiger partial charge in [0.15, 0.2) is 0 Å².